The number of pyridine rings is 1. The van der Waals surface area contributed by atoms with Crippen LogP contribution >= 0.6 is 11.6 Å². The van der Waals surface area contributed by atoms with Crippen molar-refractivity contribution in [3.8, 4) is 11.5 Å². The van der Waals surface area contributed by atoms with Crippen molar-refractivity contribution in [3.05, 3.63) is 59.0 Å². The smallest absolute Gasteiger partial charge is 0.261 e. The van der Waals surface area contributed by atoms with Gasteiger partial charge in [0.25, 0.3) is 5.89 Å². The Kier molecular flexibility index (Phi) is 4.38. The van der Waals surface area contributed by atoms with Crippen LogP contribution in [0.15, 0.2) is 47.1 Å². The van der Waals surface area contributed by atoms with Crippen LogP contribution in [-0.2, 0) is 5.60 Å². The van der Waals surface area contributed by atoms with Gasteiger partial charge in [-0.1, -0.05) is 35.0 Å². The van der Waals surface area contributed by atoms with Gasteiger partial charge >= 0.3 is 0 Å². The molecule has 3 heterocycles. The molecule has 2 aromatic heterocycles. The molecular weight excluding hydrogens is 352 g/mol. The van der Waals surface area contributed by atoms with Crippen LogP contribution in [0.25, 0.3) is 11.5 Å². The van der Waals surface area contributed by atoms with Gasteiger partial charge in [-0.15, -0.1) is 0 Å². The minimum Gasteiger partial charge on any atom is -0.385 e. The summed E-state index contributed by atoms with van der Waals surface area (Å²) in [6, 6.07) is 11.3. The molecule has 0 atom stereocenters. The number of piperidine rings is 1. The van der Waals surface area contributed by atoms with Crippen molar-refractivity contribution in [2.24, 2.45) is 0 Å². The van der Waals surface area contributed by atoms with Crippen LogP contribution in [0.4, 0.5) is 5.82 Å². The Morgan fingerprint density at radius 3 is 2.62 bits per heavy atom. The van der Waals surface area contributed by atoms with Crippen LogP contribution in [0, 0.1) is 6.92 Å². The fourth-order valence-corrected chi connectivity index (χ4v) is 3.73. The molecule has 0 unspecified atom stereocenters. The third-order valence-corrected chi connectivity index (χ3v) is 5.14. The van der Waals surface area contributed by atoms with Gasteiger partial charge in [-0.2, -0.15) is 4.98 Å². The quantitative estimate of drug-likeness (QED) is 0.759. The summed E-state index contributed by atoms with van der Waals surface area (Å²) < 4.78 is 5.31. The van der Waals surface area contributed by atoms with Gasteiger partial charge in [0.15, 0.2) is 5.82 Å². The maximum absolute atomic E-state index is 11.1. The average Bonchev–Trinajstić information content (AvgIpc) is 3.09. The van der Waals surface area contributed by atoms with Gasteiger partial charge in [0.1, 0.15) is 5.82 Å². The van der Waals surface area contributed by atoms with Crippen molar-refractivity contribution >= 4 is 17.4 Å². The normalized spacial score (nSPS) is 16.7. The molecule has 1 saturated heterocycles. The van der Waals surface area contributed by atoms with E-state index in [0.29, 0.717) is 42.7 Å². The molecule has 0 radical (unpaired) electrons. The minimum atomic E-state index is -0.926. The van der Waals surface area contributed by atoms with Crippen LogP contribution in [0.1, 0.15) is 24.2 Å². The summed E-state index contributed by atoms with van der Waals surface area (Å²) in [6.45, 7) is 3.09. The summed E-state index contributed by atoms with van der Waals surface area (Å²) in [6.07, 6.45) is 2.88. The summed E-state index contributed by atoms with van der Waals surface area (Å²) in [4.78, 5) is 11.0. The van der Waals surface area contributed by atoms with Gasteiger partial charge in [0, 0.05) is 29.9 Å². The first kappa shape index (κ1) is 17.0. The van der Waals surface area contributed by atoms with Crippen molar-refractivity contribution in [2.45, 2.75) is 25.4 Å². The van der Waals surface area contributed by atoms with Gasteiger partial charge in [-0.3, -0.25) is 0 Å². The first-order chi connectivity index (χ1) is 12.6. The van der Waals surface area contributed by atoms with E-state index in [1.165, 1.54) is 0 Å². The monoisotopic (exact) mass is 370 g/mol. The molecule has 1 N–H and O–H groups in total. The van der Waals surface area contributed by atoms with E-state index in [0.717, 1.165) is 16.9 Å². The molecule has 134 valence electrons. The van der Waals surface area contributed by atoms with Gasteiger partial charge in [-0.25, -0.2) is 4.98 Å². The molecule has 4 rings (SSSR count). The van der Waals surface area contributed by atoms with E-state index >= 15 is 0 Å². The van der Waals surface area contributed by atoms with Crippen molar-refractivity contribution in [3.63, 3.8) is 0 Å². The Balaban J connectivity index is 1.59. The van der Waals surface area contributed by atoms with E-state index in [-0.39, 0.29) is 0 Å². The van der Waals surface area contributed by atoms with E-state index in [1.54, 1.807) is 13.1 Å². The number of rotatable bonds is 3. The number of nitrogens with zero attached hydrogens (tertiary/aromatic N) is 4. The van der Waals surface area contributed by atoms with Gasteiger partial charge < -0.3 is 14.5 Å². The van der Waals surface area contributed by atoms with E-state index in [9.17, 15) is 5.11 Å². The molecule has 26 heavy (non-hydrogen) atoms. The Bertz CT molecular complexity index is 919. The minimum absolute atomic E-state index is 0.456. The fraction of sp³-hybridized carbons (Fsp3) is 0.316. The second-order valence-corrected chi connectivity index (χ2v) is 6.93. The second-order valence-electron chi connectivity index (χ2n) is 6.52. The third-order valence-electron chi connectivity index (χ3n) is 4.81. The number of hydrogen-bond acceptors (Lipinski definition) is 6. The molecule has 1 aliphatic rings. The van der Waals surface area contributed by atoms with E-state index in [4.69, 9.17) is 16.1 Å². The number of benzene rings is 1. The zero-order chi connectivity index (χ0) is 18.1. The highest BCUT2D eigenvalue weighted by molar-refractivity contribution is 6.31. The van der Waals surface area contributed by atoms with Gasteiger partial charge in [0.05, 0.1) is 11.2 Å². The lowest BCUT2D eigenvalue weighted by Crippen LogP contribution is -2.43. The zero-order valence-electron chi connectivity index (χ0n) is 14.4. The van der Waals surface area contributed by atoms with Crippen LogP contribution in [0.5, 0.6) is 0 Å². The topological polar surface area (TPSA) is 75.3 Å². The fourth-order valence-electron chi connectivity index (χ4n) is 3.42. The van der Waals surface area contributed by atoms with Gasteiger partial charge in [0.2, 0.25) is 0 Å². The summed E-state index contributed by atoms with van der Waals surface area (Å²) in [5.41, 5.74) is 0.664. The molecule has 3 aromatic rings. The first-order valence-corrected chi connectivity index (χ1v) is 8.93. The summed E-state index contributed by atoms with van der Waals surface area (Å²) in [5, 5.41) is 15.6. The highest BCUT2D eigenvalue weighted by atomic mass is 35.5. The largest absolute Gasteiger partial charge is 0.385 e. The summed E-state index contributed by atoms with van der Waals surface area (Å²) >= 11 is 6.29. The molecule has 0 amide bonds. The number of halogens is 1. The van der Waals surface area contributed by atoms with Crippen LogP contribution < -0.4 is 4.90 Å². The Morgan fingerprint density at radius 1 is 1.15 bits per heavy atom. The Hall–Kier alpha value is -2.44. The van der Waals surface area contributed by atoms with Crippen molar-refractivity contribution < 1.29 is 9.63 Å². The number of anilines is 1. The molecule has 1 fully saturated rings. The zero-order valence-corrected chi connectivity index (χ0v) is 15.1. The second kappa shape index (κ2) is 6.70. The molecule has 0 aliphatic carbocycles. The van der Waals surface area contributed by atoms with Crippen LogP contribution in [0.2, 0.25) is 5.02 Å². The standard InChI is InChI=1S/C19H19ClN4O2/c1-13-22-18(26-23-13)14-5-4-10-21-17(14)24-11-8-19(25,9-12-24)15-6-2-3-7-16(15)20/h2-7,10,25H,8-9,11-12H2,1H3. The van der Waals surface area contributed by atoms with Crippen molar-refractivity contribution in [1.29, 1.82) is 0 Å². The molecule has 0 saturated carbocycles. The average molecular weight is 371 g/mol. The predicted octanol–water partition coefficient (Wildman–Crippen LogP) is 3.58. The summed E-state index contributed by atoms with van der Waals surface area (Å²) in [5.74, 6) is 1.83. The lowest BCUT2D eigenvalue weighted by Gasteiger charge is -2.39. The lowest BCUT2D eigenvalue weighted by atomic mass is 9.84. The van der Waals surface area contributed by atoms with E-state index in [1.807, 2.05) is 36.4 Å². The number of aliphatic hydroxyl groups is 1. The number of aromatic nitrogens is 3. The summed E-state index contributed by atoms with van der Waals surface area (Å²) in [7, 11) is 0. The van der Waals surface area contributed by atoms with Crippen molar-refractivity contribution in [1.82, 2.24) is 15.1 Å². The Labute approximate surface area is 156 Å². The van der Waals surface area contributed by atoms with Crippen LogP contribution in [-0.4, -0.2) is 33.3 Å². The first-order valence-electron chi connectivity index (χ1n) is 8.55. The lowest BCUT2D eigenvalue weighted by molar-refractivity contribution is 0.0118. The molecule has 1 aromatic carbocycles. The maximum Gasteiger partial charge on any atom is 0.261 e. The molecule has 0 bridgehead atoms. The van der Waals surface area contributed by atoms with Crippen molar-refractivity contribution in [2.75, 3.05) is 18.0 Å². The third kappa shape index (κ3) is 3.06. The van der Waals surface area contributed by atoms with Gasteiger partial charge in [-0.05, 0) is 38.0 Å². The molecule has 0 spiro atoms. The molecule has 1 aliphatic heterocycles. The number of hydrogen-bond donors (Lipinski definition) is 1. The van der Waals surface area contributed by atoms with E-state index in [2.05, 4.69) is 20.0 Å². The molecule has 7 heteroatoms. The molecular formula is C19H19ClN4O2. The molecule has 6 nitrogen and oxygen atoms in total. The maximum atomic E-state index is 11.1. The van der Waals surface area contributed by atoms with Crippen LogP contribution in [0.3, 0.4) is 0 Å². The Morgan fingerprint density at radius 2 is 1.92 bits per heavy atom. The highest BCUT2D eigenvalue weighted by Crippen LogP contribution is 2.39. The predicted molar refractivity (Wildman–Crippen MR) is 99.1 cm³/mol. The highest BCUT2D eigenvalue weighted by Gasteiger charge is 2.36. The SMILES string of the molecule is Cc1noc(-c2cccnc2N2CCC(O)(c3ccccc3Cl)CC2)n1. The van der Waals surface area contributed by atoms with E-state index < -0.39 is 5.60 Å². The number of aryl methyl sites for hydroxylation is 1.